The standard InChI is InChI=1S/C19H24FN3O3S.ClH/c1-11-17-13(7-15(20)18(11)22-6-5-12(9-21)10-22)8-16(27(2,25)26)19(24)23(17)14-3-4-14;/h7-8,12,14H,3-6,9-10,21H2,1-2H3;1H. The third-order valence-electron chi connectivity index (χ3n) is 5.70. The number of nitrogens with two attached hydrogens (primary N) is 1. The molecule has 1 saturated heterocycles. The minimum absolute atomic E-state index is 0. The van der Waals surface area contributed by atoms with Gasteiger partial charge < -0.3 is 15.2 Å². The zero-order chi connectivity index (χ0) is 19.5. The molecule has 1 aromatic heterocycles. The number of nitrogens with zero attached hydrogens (tertiary/aromatic N) is 2. The summed E-state index contributed by atoms with van der Waals surface area (Å²) in [4.78, 5) is 14.7. The summed E-state index contributed by atoms with van der Waals surface area (Å²) in [5.41, 5.74) is 7.09. The van der Waals surface area contributed by atoms with Gasteiger partial charge >= 0.3 is 0 Å². The van der Waals surface area contributed by atoms with Gasteiger partial charge in [0.1, 0.15) is 10.7 Å². The van der Waals surface area contributed by atoms with Crippen molar-refractivity contribution in [2.45, 2.75) is 37.1 Å². The van der Waals surface area contributed by atoms with E-state index in [1.54, 1.807) is 4.57 Å². The summed E-state index contributed by atoms with van der Waals surface area (Å²) in [7, 11) is -3.70. The van der Waals surface area contributed by atoms with Gasteiger partial charge in [-0.05, 0) is 56.3 Å². The van der Waals surface area contributed by atoms with Crippen LogP contribution in [0.2, 0.25) is 0 Å². The van der Waals surface area contributed by atoms with Crippen LogP contribution in [-0.2, 0) is 9.84 Å². The second-order valence-corrected chi connectivity index (χ2v) is 9.78. The summed E-state index contributed by atoms with van der Waals surface area (Å²) < 4.78 is 40.8. The summed E-state index contributed by atoms with van der Waals surface area (Å²) in [5, 5.41) is 0.454. The van der Waals surface area contributed by atoms with Crippen LogP contribution in [0, 0.1) is 18.7 Å². The Bertz CT molecular complexity index is 1100. The predicted octanol–water partition coefficient (Wildman–Crippen LogP) is 2.39. The van der Waals surface area contributed by atoms with Crippen LogP contribution in [0.3, 0.4) is 0 Å². The minimum atomic E-state index is -3.70. The van der Waals surface area contributed by atoms with Gasteiger partial charge in [0, 0.05) is 30.8 Å². The van der Waals surface area contributed by atoms with Crippen molar-refractivity contribution in [3.63, 3.8) is 0 Å². The molecule has 9 heteroatoms. The van der Waals surface area contributed by atoms with Crippen molar-refractivity contribution in [1.82, 2.24) is 4.57 Å². The Kier molecular flexibility index (Phi) is 5.51. The molecular formula is C19H25ClFN3O3S. The molecular weight excluding hydrogens is 405 g/mol. The summed E-state index contributed by atoms with van der Waals surface area (Å²) >= 11 is 0. The van der Waals surface area contributed by atoms with Crippen molar-refractivity contribution in [3.8, 4) is 0 Å². The molecule has 2 N–H and O–H groups in total. The van der Waals surface area contributed by atoms with Gasteiger partial charge in [0.15, 0.2) is 9.84 Å². The van der Waals surface area contributed by atoms with Gasteiger partial charge in [-0.15, -0.1) is 12.4 Å². The first-order chi connectivity index (χ1) is 12.7. The number of aryl methyl sites for hydroxylation is 1. The van der Waals surface area contributed by atoms with E-state index in [1.165, 1.54) is 12.1 Å². The molecule has 2 aliphatic rings. The zero-order valence-corrected chi connectivity index (χ0v) is 17.6. The van der Waals surface area contributed by atoms with Crippen molar-refractivity contribution in [2.24, 2.45) is 11.7 Å². The number of rotatable bonds is 4. The van der Waals surface area contributed by atoms with Crippen LogP contribution < -0.4 is 16.2 Å². The number of fused-ring (bicyclic) bond motifs is 1. The van der Waals surface area contributed by atoms with E-state index in [9.17, 15) is 13.2 Å². The van der Waals surface area contributed by atoms with E-state index >= 15 is 4.39 Å². The molecule has 1 aromatic carbocycles. The largest absolute Gasteiger partial charge is 0.369 e. The lowest BCUT2D eigenvalue weighted by atomic mass is 10.1. The number of aromatic nitrogens is 1. The second kappa shape index (κ2) is 7.31. The molecule has 0 spiro atoms. The Morgan fingerprint density at radius 1 is 1.25 bits per heavy atom. The lowest BCUT2D eigenvalue weighted by Gasteiger charge is -2.24. The van der Waals surface area contributed by atoms with Gasteiger partial charge in [-0.3, -0.25) is 4.79 Å². The van der Waals surface area contributed by atoms with Crippen molar-refractivity contribution >= 4 is 38.8 Å². The van der Waals surface area contributed by atoms with Crippen molar-refractivity contribution in [2.75, 3.05) is 30.8 Å². The molecule has 6 nitrogen and oxygen atoms in total. The average Bonchev–Trinajstić information content (AvgIpc) is 3.31. The minimum Gasteiger partial charge on any atom is -0.369 e. The van der Waals surface area contributed by atoms with Crippen LogP contribution in [0.5, 0.6) is 0 Å². The van der Waals surface area contributed by atoms with E-state index < -0.39 is 21.2 Å². The van der Waals surface area contributed by atoms with E-state index in [1.807, 2.05) is 11.8 Å². The molecule has 2 heterocycles. The lowest BCUT2D eigenvalue weighted by molar-refractivity contribution is 0.595. The second-order valence-electron chi connectivity index (χ2n) is 7.79. The van der Waals surface area contributed by atoms with Gasteiger partial charge in [-0.25, -0.2) is 12.8 Å². The Hall–Kier alpha value is -1.64. The SMILES string of the molecule is Cc1c(N2CCC(CN)C2)c(F)cc2cc(S(C)(=O)=O)c(=O)n(C3CC3)c12.Cl. The maximum Gasteiger partial charge on any atom is 0.270 e. The molecule has 28 heavy (non-hydrogen) atoms. The number of hydrogen-bond acceptors (Lipinski definition) is 5. The maximum atomic E-state index is 15.0. The monoisotopic (exact) mass is 429 g/mol. The quantitative estimate of drug-likeness (QED) is 0.806. The van der Waals surface area contributed by atoms with Gasteiger partial charge in [0.25, 0.3) is 5.56 Å². The fourth-order valence-corrected chi connectivity index (χ4v) is 4.95. The van der Waals surface area contributed by atoms with Crippen molar-refractivity contribution < 1.29 is 12.8 Å². The third kappa shape index (κ3) is 3.42. The van der Waals surface area contributed by atoms with Crippen LogP contribution in [0.1, 0.15) is 30.9 Å². The highest BCUT2D eigenvalue weighted by molar-refractivity contribution is 7.90. The first-order valence-electron chi connectivity index (χ1n) is 9.25. The predicted molar refractivity (Wildman–Crippen MR) is 111 cm³/mol. The molecule has 1 aliphatic carbocycles. The van der Waals surface area contributed by atoms with Gasteiger partial charge in [-0.2, -0.15) is 0 Å². The third-order valence-corrected chi connectivity index (χ3v) is 6.79. The normalized spacial score (nSPS) is 19.9. The summed E-state index contributed by atoms with van der Waals surface area (Å²) in [6, 6.07) is 2.66. The highest BCUT2D eigenvalue weighted by Crippen LogP contribution is 2.40. The van der Waals surface area contributed by atoms with Gasteiger partial charge in [0.05, 0.1) is 11.2 Å². The van der Waals surface area contributed by atoms with E-state index in [4.69, 9.17) is 5.73 Å². The molecule has 0 bridgehead atoms. The number of sulfone groups is 1. The fraction of sp³-hybridized carbons (Fsp3) is 0.526. The molecule has 1 aliphatic heterocycles. The Morgan fingerprint density at radius 2 is 1.93 bits per heavy atom. The molecule has 2 fully saturated rings. The molecule has 0 radical (unpaired) electrons. The Labute approximate surface area is 169 Å². The Balaban J connectivity index is 0.00000225. The van der Waals surface area contributed by atoms with E-state index in [2.05, 4.69) is 0 Å². The van der Waals surface area contributed by atoms with Gasteiger partial charge in [-0.1, -0.05) is 0 Å². The highest BCUT2D eigenvalue weighted by Gasteiger charge is 2.32. The molecule has 4 rings (SSSR count). The zero-order valence-electron chi connectivity index (χ0n) is 15.9. The molecule has 1 saturated carbocycles. The highest BCUT2D eigenvalue weighted by atomic mass is 35.5. The number of hydrogen-bond donors (Lipinski definition) is 1. The smallest absolute Gasteiger partial charge is 0.270 e. The molecule has 1 unspecified atom stereocenters. The van der Waals surface area contributed by atoms with Crippen LogP contribution in [0.15, 0.2) is 21.8 Å². The molecule has 0 amide bonds. The molecule has 1 atom stereocenters. The molecule has 2 aromatic rings. The van der Waals surface area contributed by atoms with E-state index in [-0.39, 0.29) is 23.3 Å². The topological polar surface area (TPSA) is 85.4 Å². The van der Waals surface area contributed by atoms with Crippen molar-refractivity contribution in [3.05, 3.63) is 33.9 Å². The van der Waals surface area contributed by atoms with Crippen LogP contribution >= 0.6 is 12.4 Å². The molecule has 154 valence electrons. The summed E-state index contributed by atoms with van der Waals surface area (Å²) in [6.45, 7) is 3.79. The summed E-state index contributed by atoms with van der Waals surface area (Å²) in [6.07, 6.45) is 3.58. The summed E-state index contributed by atoms with van der Waals surface area (Å²) in [5.74, 6) is -0.0594. The lowest BCUT2D eigenvalue weighted by Crippen LogP contribution is -2.28. The average molecular weight is 430 g/mol. The first-order valence-corrected chi connectivity index (χ1v) is 11.1. The number of anilines is 1. The number of benzene rings is 1. The Morgan fingerprint density at radius 3 is 2.46 bits per heavy atom. The number of halogens is 2. The van der Waals surface area contributed by atoms with Crippen LogP contribution in [0.25, 0.3) is 10.9 Å². The fourth-order valence-electron chi connectivity index (χ4n) is 4.20. The van der Waals surface area contributed by atoms with E-state index in [0.29, 0.717) is 41.2 Å². The van der Waals surface area contributed by atoms with Gasteiger partial charge in [0.2, 0.25) is 0 Å². The van der Waals surface area contributed by atoms with Crippen LogP contribution in [-0.4, -0.2) is 38.9 Å². The number of pyridine rings is 1. The van der Waals surface area contributed by atoms with E-state index in [0.717, 1.165) is 32.1 Å². The first kappa shape index (κ1) is 21.1. The maximum absolute atomic E-state index is 15.0. The van der Waals surface area contributed by atoms with Crippen LogP contribution in [0.4, 0.5) is 10.1 Å². The van der Waals surface area contributed by atoms with Crippen molar-refractivity contribution in [1.29, 1.82) is 0 Å².